The van der Waals surface area contributed by atoms with Gasteiger partial charge in [0.15, 0.2) is 0 Å². The first-order valence-electron chi connectivity index (χ1n) is 6.71. The summed E-state index contributed by atoms with van der Waals surface area (Å²) in [5, 5.41) is 0. The molecule has 3 atom stereocenters. The summed E-state index contributed by atoms with van der Waals surface area (Å²) in [4.78, 5) is 4.14. The second kappa shape index (κ2) is 5.40. The zero-order valence-corrected chi connectivity index (χ0v) is 12.1. The highest BCUT2D eigenvalue weighted by atomic mass is 32.2. The van der Waals surface area contributed by atoms with E-state index >= 15 is 0 Å². The van der Waals surface area contributed by atoms with E-state index in [0.29, 0.717) is 13.2 Å². The monoisotopic (exact) mass is 298 g/mol. The summed E-state index contributed by atoms with van der Waals surface area (Å²) in [5.41, 5.74) is 0. The molecule has 1 saturated heterocycles. The Hall–Kier alpha value is -1.02. The van der Waals surface area contributed by atoms with Crippen molar-refractivity contribution >= 4 is 10.0 Å². The van der Waals surface area contributed by atoms with Gasteiger partial charge in [-0.25, -0.2) is 8.42 Å². The molecule has 0 amide bonds. The fraction of sp³-hybridized carbons (Fsp3) is 0.615. The fourth-order valence-electron chi connectivity index (χ4n) is 3.07. The van der Waals surface area contributed by atoms with E-state index in [4.69, 9.17) is 9.47 Å². The molecule has 20 heavy (non-hydrogen) atoms. The molecule has 110 valence electrons. The van der Waals surface area contributed by atoms with Crippen molar-refractivity contribution < 1.29 is 17.9 Å². The summed E-state index contributed by atoms with van der Waals surface area (Å²) in [5.74, 6) is 0. The van der Waals surface area contributed by atoms with Gasteiger partial charge in [-0.2, -0.15) is 4.31 Å². The Morgan fingerprint density at radius 3 is 3.00 bits per heavy atom. The maximum absolute atomic E-state index is 12.7. The lowest BCUT2D eigenvalue weighted by atomic mass is 10.2. The van der Waals surface area contributed by atoms with E-state index in [-0.39, 0.29) is 23.1 Å². The number of sulfonamides is 1. The van der Waals surface area contributed by atoms with Gasteiger partial charge in [-0.15, -0.1) is 0 Å². The Morgan fingerprint density at radius 1 is 1.45 bits per heavy atom. The second-order valence-electron chi connectivity index (χ2n) is 5.06. The molecule has 2 fully saturated rings. The molecular weight excluding hydrogens is 280 g/mol. The molecule has 1 aliphatic carbocycles. The standard InChI is InChI=1S/C13H18N2O4S/c1-18-12-5-4-11-13(12)19-8-7-15(11)20(16,17)10-3-2-6-14-9-10/h2-3,6,9,11-13H,4-5,7-8H2,1H3/t11-,12+,13+/m0/s1. The summed E-state index contributed by atoms with van der Waals surface area (Å²) < 4.78 is 38.1. The van der Waals surface area contributed by atoms with Gasteiger partial charge in [-0.1, -0.05) is 0 Å². The maximum atomic E-state index is 12.7. The Balaban J connectivity index is 1.90. The van der Waals surface area contributed by atoms with Gasteiger partial charge in [0.25, 0.3) is 0 Å². The van der Waals surface area contributed by atoms with Crippen LogP contribution in [0.3, 0.4) is 0 Å². The van der Waals surface area contributed by atoms with Gasteiger partial charge < -0.3 is 9.47 Å². The molecule has 1 aromatic heterocycles. The second-order valence-corrected chi connectivity index (χ2v) is 6.95. The minimum absolute atomic E-state index is 0.0214. The number of methoxy groups -OCH3 is 1. The van der Waals surface area contributed by atoms with E-state index < -0.39 is 10.0 Å². The van der Waals surface area contributed by atoms with E-state index in [1.54, 1.807) is 29.7 Å². The van der Waals surface area contributed by atoms with Crippen molar-refractivity contribution in [3.8, 4) is 0 Å². The van der Waals surface area contributed by atoms with Gasteiger partial charge in [0.2, 0.25) is 10.0 Å². The average molecular weight is 298 g/mol. The van der Waals surface area contributed by atoms with Gasteiger partial charge in [0.1, 0.15) is 11.0 Å². The van der Waals surface area contributed by atoms with E-state index in [1.165, 1.54) is 6.20 Å². The lowest BCUT2D eigenvalue weighted by molar-refractivity contribution is -0.0848. The number of hydrogen-bond acceptors (Lipinski definition) is 5. The summed E-state index contributed by atoms with van der Waals surface area (Å²) in [6.45, 7) is 0.787. The van der Waals surface area contributed by atoms with Crippen molar-refractivity contribution in [1.82, 2.24) is 9.29 Å². The molecule has 7 heteroatoms. The van der Waals surface area contributed by atoms with Crippen molar-refractivity contribution in [1.29, 1.82) is 0 Å². The van der Waals surface area contributed by atoms with Gasteiger partial charge in [-0.3, -0.25) is 4.98 Å². The number of hydrogen-bond donors (Lipinski definition) is 0. The quantitative estimate of drug-likeness (QED) is 0.819. The van der Waals surface area contributed by atoms with Gasteiger partial charge in [0, 0.05) is 26.0 Å². The zero-order valence-electron chi connectivity index (χ0n) is 11.3. The number of fused-ring (bicyclic) bond motifs is 1. The Morgan fingerprint density at radius 2 is 2.30 bits per heavy atom. The third-order valence-corrected chi connectivity index (χ3v) is 5.94. The smallest absolute Gasteiger partial charge is 0.245 e. The number of rotatable bonds is 3. The highest BCUT2D eigenvalue weighted by Gasteiger charge is 2.47. The Bertz CT molecular complexity index is 563. The third kappa shape index (κ3) is 2.24. The molecule has 0 aromatic carbocycles. The highest BCUT2D eigenvalue weighted by molar-refractivity contribution is 7.89. The predicted molar refractivity (Wildman–Crippen MR) is 71.7 cm³/mol. The topological polar surface area (TPSA) is 68.7 Å². The van der Waals surface area contributed by atoms with Crippen LogP contribution in [0.1, 0.15) is 12.8 Å². The molecule has 0 N–H and O–H groups in total. The van der Waals surface area contributed by atoms with Crippen LogP contribution in [0.25, 0.3) is 0 Å². The van der Waals surface area contributed by atoms with E-state index in [9.17, 15) is 8.42 Å². The minimum atomic E-state index is -3.51. The minimum Gasteiger partial charge on any atom is -0.379 e. The van der Waals surface area contributed by atoms with E-state index in [2.05, 4.69) is 4.98 Å². The van der Waals surface area contributed by atoms with E-state index in [0.717, 1.165) is 12.8 Å². The number of aromatic nitrogens is 1. The Kier molecular flexibility index (Phi) is 3.76. The molecule has 0 spiro atoms. The summed E-state index contributed by atoms with van der Waals surface area (Å²) in [6, 6.07) is 3.08. The molecule has 2 heterocycles. The molecule has 3 rings (SSSR count). The molecule has 0 radical (unpaired) electrons. The normalized spacial score (nSPS) is 31.1. The first kappa shape index (κ1) is 13.9. The number of nitrogens with zero attached hydrogens (tertiary/aromatic N) is 2. The molecule has 1 aromatic rings. The molecule has 6 nitrogen and oxygen atoms in total. The summed E-state index contributed by atoms with van der Waals surface area (Å²) in [6.07, 6.45) is 4.36. The van der Waals surface area contributed by atoms with Crippen LogP contribution < -0.4 is 0 Å². The van der Waals surface area contributed by atoms with Crippen LogP contribution in [0.2, 0.25) is 0 Å². The predicted octanol–water partition coefficient (Wildman–Crippen LogP) is 0.648. The van der Waals surface area contributed by atoms with Crippen LogP contribution in [0.4, 0.5) is 0 Å². The van der Waals surface area contributed by atoms with E-state index in [1.807, 2.05) is 0 Å². The van der Waals surface area contributed by atoms with Crippen LogP contribution >= 0.6 is 0 Å². The zero-order chi connectivity index (χ0) is 14.2. The third-order valence-electron chi connectivity index (χ3n) is 4.03. The van der Waals surface area contributed by atoms with Crippen molar-refractivity contribution in [3.05, 3.63) is 24.5 Å². The van der Waals surface area contributed by atoms with Crippen molar-refractivity contribution in [2.24, 2.45) is 0 Å². The van der Waals surface area contributed by atoms with Crippen LogP contribution in [-0.2, 0) is 19.5 Å². The summed E-state index contributed by atoms with van der Waals surface area (Å²) >= 11 is 0. The number of morpholine rings is 1. The van der Waals surface area contributed by atoms with Crippen LogP contribution in [0, 0.1) is 0 Å². The highest BCUT2D eigenvalue weighted by Crippen LogP contribution is 2.34. The maximum Gasteiger partial charge on any atom is 0.245 e. The lowest BCUT2D eigenvalue weighted by Crippen LogP contribution is -2.53. The number of ether oxygens (including phenoxy) is 2. The van der Waals surface area contributed by atoms with Crippen LogP contribution in [0.5, 0.6) is 0 Å². The van der Waals surface area contributed by atoms with Gasteiger partial charge >= 0.3 is 0 Å². The average Bonchev–Trinajstić information content (AvgIpc) is 2.91. The Labute approximate surface area is 118 Å². The van der Waals surface area contributed by atoms with Crippen molar-refractivity contribution in [2.45, 2.75) is 36.0 Å². The molecule has 2 aliphatic rings. The molecule has 0 unspecified atom stereocenters. The molecule has 1 saturated carbocycles. The lowest BCUT2D eigenvalue weighted by Gasteiger charge is -2.37. The summed E-state index contributed by atoms with van der Waals surface area (Å²) in [7, 11) is -1.87. The van der Waals surface area contributed by atoms with Gasteiger partial charge in [0.05, 0.1) is 18.8 Å². The SMILES string of the molecule is CO[C@@H]1CC[C@H]2[C@H]1OCCN2S(=O)(=O)c1cccnc1. The largest absolute Gasteiger partial charge is 0.379 e. The first-order valence-corrected chi connectivity index (χ1v) is 8.15. The van der Waals surface area contributed by atoms with Crippen molar-refractivity contribution in [2.75, 3.05) is 20.3 Å². The fourth-order valence-corrected chi connectivity index (χ4v) is 4.68. The van der Waals surface area contributed by atoms with Crippen LogP contribution in [-0.4, -0.2) is 56.2 Å². The van der Waals surface area contributed by atoms with Crippen LogP contribution in [0.15, 0.2) is 29.4 Å². The number of pyridine rings is 1. The first-order chi connectivity index (χ1) is 9.64. The van der Waals surface area contributed by atoms with Crippen molar-refractivity contribution in [3.63, 3.8) is 0 Å². The van der Waals surface area contributed by atoms with Gasteiger partial charge in [-0.05, 0) is 25.0 Å². The molecule has 1 aliphatic heterocycles. The molecular formula is C13H18N2O4S. The molecule has 0 bridgehead atoms.